The molecule has 0 aliphatic heterocycles. The van der Waals surface area contributed by atoms with Crippen molar-refractivity contribution in [1.29, 1.82) is 0 Å². The maximum Gasteiger partial charge on any atom is 0.251 e. The van der Waals surface area contributed by atoms with Gasteiger partial charge in [-0.05, 0) is 36.0 Å². The molecular formula is C16H19N3O5S2. The molecule has 0 saturated heterocycles. The average Bonchev–Trinajstić information content (AvgIpc) is 2.60. The summed E-state index contributed by atoms with van der Waals surface area (Å²) >= 11 is 1.07. The van der Waals surface area contributed by atoms with Gasteiger partial charge in [0.1, 0.15) is 5.75 Å². The number of aromatic nitrogens is 1. The lowest BCUT2D eigenvalue weighted by atomic mass is 10.3. The molecule has 1 aromatic carbocycles. The fourth-order valence-electron chi connectivity index (χ4n) is 2.01. The zero-order valence-corrected chi connectivity index (χ0v) is 16.1. The van der Waals surface area contributed by atoms with Crippen LogP contribution in [0.2, 0.25) is 0 Å². The molecule has 0 aliphatic rings. The SMILES string of the molecule is COc1ccc(S(=O)(=O)N(C)C)cc1NC(=O)CSc1cccc[n+]1[O-]. The number of ether oxygens (including phenoxy) is 1. The highest BCUT2D eigenvalue weighted by molar-refractivity contribution is 7.99. The van der Waals surface area contributed by atoms with Gasteiger partial charge in [-0.15, -0.1) is 0 Å². The fraction of sp³-hybridized carbons (Fsp3) is 0.250. The highest BCUT2D eigenvalue weighted by atomic mass is 32.2. The van der Waals surface area contributed by atoms with Crippen molar-refractivity contribution in [2.75, 3.05) is 32.3 Å². The van der Waals surface area contributed by atoms with E-state index in [1.165, 1.54) is 45.6 Å². The maximum atomic E-state index is 12.2. The predicted octanol–water partition coefficient (Wildman–Crippen LogP) is 1.31. The number of hydrogen-bond donors (Lipinski definition) is 1. The molecule has 140 valence electrons. The van der Waals surface area contributed by atoms with Crippen molar-refractivity contribution in [2.45, 2.75) is 9.92 Å². The van der Waals surface area contributed by atoms with Crippen LogP contribution in [0.5, 0.6) is 5.75 Å². The van der Waals surface area contributed by atoms with Gasteiger partial charge in [0.25, 0.3) is 5.03 Å². The summed E-state index contributed by atoms with van der Waals surface area (Å²) in [6.45, 7) is 0. The van der Waals surface area contributed by atoms with Gasteiger partial charge in [-0.2, -0.15) is 4.73 Å². The minimum absolute atomic E-state index is 0.0138. The molecule has 2 rings (SSSR count). The first-order valence-electron chi connectivity index (χ1n) is 7.47. The van der Waals surface area contributed by atoms with Crippen LogP contribution in [0.1, 0.15) is 0 Å². The van der Waals surface area contributed by atoms with Crippen molar-refractivity contribution in [2.24, 2.45) is 0 Å². The topological polar surface area (TPSA) is 103 Å². The van der Waals surface area contributed by atoms with Gasteiger partial charge in [0.15, 0.2) is 6.20 Å². The molecule has 0 aliphatic carbocycles. The van der Waals surface area contributed by atoms with E-state index >= 15 is 0 Å². The second kappa shape index (κ2) is 8.39. The first kappa shape index (κ1) is 20.0. The number of thioether (sulfide) groups is 1. The van der Waals surface area contributed by atoms with Crippen LogP contribution in [0.15, 0.2) is 52.5 Å². The van der Waals surface area contributed by atoms with Gasteiger partial charge in [0, 0.05) is 26.2 Å². The lowest BCUT2D eigenvalue weighted by Crippen LogP contribution is -2.28. The van der Waals surface area contributed by atoms with E-state index in [1.807, 2.05) is 0 Å². The standard InChI is InChI=1S/C16H19N3O5S2/c1-18(2)26(22,23)12-7-8-14(24-3)13(10-12)17-15(20)11-25-16-6-4-5-9-19(16)21/h4-10H,11H2,1-3H3,(H,17,20). The minimum atomic E-state index is -3.64. The summed E-state index contributed by atoms with van der Waals surface area (Å²) in [5.41, 5.74) is 0.240. The van der Waals surface area contributed by atoms with Crippen LogP contribution in [-0.4, -0.2) is 45.6 Å². The summed E-state index contributed by atoms with van der Waals surface area (Å²) in [5, 5.41) is 14.6. The first-order chi connectivity index (χ1) is 12.3. The molecule has 10 heteroatoms. The molecule has 26 heavy (non-hydrogen) atoms. The number of carbonyl (C=O) groups is 1. The molecule has 0 saturated carbocycles. The van der Waals surface area contributed by atoms with E-state index in [1.54, 1.807) is 18.2 Å². The summed E-state index contributed by atoms with van der Waals surface area (Å²) < 4.78 is 31.4. The van der Waals surface area contributed by atoms with Crippen molar-refractivity contribution < 1.29 is 22.7 Å². The molecule has 8 nitrogen and oxygen atoms in total. The van der Waals surface area contributed by atoms with Gasteiger partial charge in [-0.1, -0.05) is 0 Å². The number of benzene rings is 1. The third kappa shape index (κ3) is 4.65. The zero-order valence-electron chi connectivity index (χ0n) is 14.5. The Labute approximate surface area is 156 Å². The molecule has 1 amide bonds. The number of sulfonamides is 1. The number of carbonyl (C=O) groups excluding carboxylic acids is 1. The second-order valence-corrected chi connectivity index (χ2v) is 8.50. The van der Waals surface area contributed by atoms with E-state index in [0.717, 1.165) is 16.1 Å². The van der Waals surface area contributed by atoms with Crippen molar-refractivity contribution in [1.82, 2.24) is 4.31 Å². The van der Waals surface area contributed by atoms with E-state index in [4.69, 9.17) is 4.74 Å². The van der Waals surface area contributed by atoms with Crippen LogP contribution in [0, 0.1) is 5.21 Å². The number of methoxy groups -OCH3 is 1. The van der Waals surface area contributed by atoms with Crippen LogP contribution >= 0.6 is 11.8 Å². The number of hydrogen-bond acceptors (Lipinski definition) is 6. The molecule has 1 aromatic heterocycles. The van der Waals surface area contributed by atoms with Crippen LogP contribution in [0.25, 0.3) is 0 Å². The molecule has 0 atom stereocenters. The molecule has 0 bridgehead atoms. The third-order valence-corrected chi connectivity index (χ3v) is 6.19. The second-order valence-electron chi connectivity index (χ2n) is 5.35. The van der Waals surface area contributed by atoms with E-state index in [2.05, 4.69) is 5.32 Å². The molecule has 0 radical (unpaired) electrons. The van der Waals surface area contributed by atoms with Crippen molar-refractivity contribution in [3.8, 4) is 5.75 Å². The van der Waals surface area contributed by atoms with Gasteiger partial charge in [0.05, 0.1) is 23.4 Å². The van der Waals surface area contributed by atoms with Crippen LogP contribution in [-0.2, 0) is 14.8 Å². The Morgan fingerprint density at radius 3 is 2.65 bits per heavy atom. The number of nitrogens with zero attached hydrogens (tertiary/aromatic N) is 2. The van der Waals surface area contributed by atoms with E-state index in [-0.39, 0.29) is 16.3 Å². The lowest BCUT2D eigenvalue weighted by molar-refractivity contribution is -0.645. The van der Waals surface area contributed by atoms with Crippen molar-refractivity contribution in [3.05, 3.63) is 47.8 Å². The fourth-order valence-corrected chi connectivity index (χ4v) is 3.65. The van der Waals surface area contributed by atoms with E-state index < -0.39 is 15.9 Å². The molecule has 2 aromatic rings. The quantitative estimate of drug-likeness (QED) is 0.429. The number of pyridine rings is 1. The molecular weight excluding hydrogens is 378 g/mol. The Kier molecular flexibility index (Phi) is 6.46. The van der Waals surface area contributed by atoms with E-state index in [0.29, 0.717) is 15.5 Å². The normalized spacial score (nSPS) is 11.4. The highest BCUT2D eigenvalue weighted by Gasteiger charge is 2.20. The summed E-state index contributed by atoms with van der Waals surface area (Å²) in [4.78, 5) is 12.2. The Morgan fingerprint density at radius 1 is 1.31 bits per heavy atom. The number of nitrogens with one attached hydrogen (secondary N) is 1. The molecule has 0 unspecified atom stereocenters. The summed E-state index contributed by atoms with van der Waals surface area (Å²) in [5.74, 6) is -0.0729. The maximum absolute atomic E-state index is 12.2. The molecule has 1 heterocycles. The first-order valence-corrected chi connectivity index (χ1v) is 9.89. The number of anilines is 1. The highest BCUT2D eigenvalue weighted by Crippen LogP contribution is 2.28. The van der Waals surface area contributed by atoms with E-state index in [9.17, 15) is 18.4 Å². The lowest BCUT2D eigenvalue weighted by Gasteiger charge is -2.15. The van der Waals surface area contributed by atoms with Crippen LogP contribution < -0.4 is 14.8 Å². The van der Waals surface area contributed by atoms with Crippen molar-refractivity contribution in [3.63, 3.8) is 0 Å². The Balaban J connectivity index is 2.17. The largest absolute Gasteiger partial charge is 0.618 e. The smallest absolute Gasteiger partial charge is 0.251 e. The number of rotatable bonds is 7. The summed E-state index contributed by atoms with van der Waals surface area (Å²) in [7, 11) is 0.623. The Hall–Kier alpha value is -2.30. The Morgan fingerprint density at radius 2 is 2.04 bits per heavy atom. The minimum Gasteiger partial charge on any atom is -0.618 e. The monoisotopic (exact) mass is 397 g/mol. The van der Waals surface area contributed by atoms with Crippen molar-refractivity contribution >= 4 is 33.4 Å². The van der Waals surface area contributed by atoms with Crippen LogP contribution in [0.3, 0.4) is 0 Å². The van der Waals surface area contributed by atoms with Gasteiger partial charge >= 0.3 is 0 Å². The zero-order chi connectivity index (χ0) is 19.3. The van der Waals surface area contributed by atoms with Crippen LogP contribution in [0.4, 0.5) is 5.69 Å². The predicted molar refractivity (Wildman–Crippen MR) is 98.6 cm³/mol. The molecule has 0 fully saturated rings. The third-order valence-electron chi connectivity index (χ3n) is 3.36. The summed E-state index contributed by atoms with van der Waals surface area (Å²) in [6, 6.07) is 9.12. The average molecular weight is 397 g/mol. The van der Waals surface area contributed by atoms with Gasteiger partial charge in [-0.25, -0.2) is 12.7 Å². The number of amides is 1. The van der Waals surface area contributed by atoms with Gasteiger partial charge in [0.2, 0.25) is 15.9 Å². The van der Waals surface area contributed by atoms with Gasteiger partial charge in [-0.3, -0.25) is 4.79 Å². The summed E-state index contributed by atoms with van der Waals surface area (Å²) in [6.07, 6.45) is 1.35. The van der Waals surface area contributed by atoms with Gasteiger partial charge < -0.3 is 15.3 Å². The molecule has 1 N–H and O–H groups in total. The Bertz CT molecular complexity index is 901. The molecule has 0 spiro atoms.